The zero-order chi connectivity index (χ0) is 15.6. The molecule has 0 radical (unpaired) electrons. The molecule has 2 aromatic rings. The maximum Gasteiger partial charge on any atom is 0.263 e. The first-order valence-electron chi connectivity index (χ1n) is 6.53. The molecule has 7 heteroatoms. The number of benzene rings is 1. The largest absolute Gasteiger partial charge is 0.346 e. The van der Waals surface area contributed by atoms with E-state index in [9.17, 15) is 8.42 Å². The van der Waals surface area contributed by atoms with Gasteiger partial charge in [0, 0.05) is 24.5 Å². The van der Waals surface area contributed by atoms with E-state index in [4.69, 9.17) is 17.3 Å². The van der Waals surface area contributed by atoms with E-state index in [1.807, 2.05) is 18.4 Å². The van der Waals surface area contributed by atoms with Gasteiger partial charge < -0.3 is 10.3 Å². The molecule has 0 fully saturated rings. The second kappa shape index (κ2) is 6.09. The molecule has 0 saturated heterocycles. The number of nitrogens with zero attached hydrogens (tertiary/aromatic N) is 1. The highest BCUT2D eigenvalue weighted by atomic mass is 35.5. The number of hydrogen-bond donors (Lipinski definition) is 2. The van der Waals surface area contributed by atoms with Gasteiger partial charge in [0.15, 0.2) is 0 Å². The van der Waals surface area contributed by atoms with Gasteiger partial charge in [0.05, 0.1) is 10.7 Å². The van der Waals surface area contributed by atoms with E-state index < -0.39 is 10.0 Å². The van der Waals surface area contributed by atoms with Crippen molar-refractivity contribution in [3.63, 3.8) is 0 Å². The van der Waals surface area contributed by atoms with E-state index in [0.29, 0.717) is 10.7 Å². The Bertz CT molecular complexity index is 738. The molecular formula is C14H18ClN3O2S. The fourth-order valence-corrected chi connectivity index (χ4v) is 3.40. The number of para-hydroxylation sites is 1. The average molecular weight is 328 g/mol. The van der Waals surface area contributed by atoms with E-state index in [1.165, 1.54) is 0 Å². The third-order valence-corrected chi connectivity index (χ3v) is 4.76. The fourth-order valence-electron chi connectivity index (χ4n) is 2.04. The topological polar surface area (TPSA) is 77.1 Å². The summed E-state index contributed by atoms with van der Waals surface area (Å²) in [5, 5.41) is 0.350. The summed E-state index contributed by atoms with van der Waals surface area (Å²) < 4.78 is 29.2. The van der Waals surface area contributed by atoms with Crippen LogP contribution in [0.2, 0.25) is 5.02 Å². The SMILES string of the molecule is CC(C)n1cc(S(=O)(=O)Nc2ccccc2Cl)cc1CN. The molecule has 3 N–H and O–H groups in total. The lowest BCUT2D eigenvalue weighted by molar-refractivity contribution is 0.573. The van der Waals surface area contributed by atoms with Crippen molar-refractivity contribution in [3.05, 3.63) is 47.2 Å². The minimum atomic E-state index is -3.69. The summed E-state index contributed by atoms with van der Waals surface area (Å²) in [6.45, 7) is 4.22. The van der Waals surface area contributed by atoms with Gasteiger partial charge in [-0.25, -0.2) is 8.42 Å². The zero-order valence-electron chi connectivity index (χ0n) is 11.9. The van der Waals surface area contributed by atoms with Crippen molar-refractivity contribution in [2.45, 2.75) is 31.3 Å². The second-order valence-electron chi connectivity index (χ2n) is 4.96. The molecule has 0 aliphatic heterocycles. The maximum absolute atomic E-state index is 12.4. The predicted molar refractivity (Wildman–Crippen MR) is 85.0 cm³/mol. The van der Waals surface area contributed by atoms with Crippen molar-refractivity contribution >= 4 is 27.3 Å². The Kier molecular flexibility index (Phi) is 4.61. The number of nitrogens with two attached hydrogens (primary N) is 1. The van der Waals surface area contributed by atoms with Gasteiger partial charge in [0.1, 0.15) is 4.90 Å². The van der Waals surface area contributed by atoms with Gasteiger partial charge in [-0.15, -0.1) is 0 Å². The monoisotopic (exact) mass is 327 g/mol. The Hall–Kier alpha value is -1.50. The third kappa shape index (κ3) is 3.40. The van der Waals surface area contributed by atoms with Crippen LogP contribution in [0.25, 0.3) is 0 Å². The maximum atomic E-state index is 12.4. The van der Waals surface area contributed by atoms with Crippen LogP contribution in [0.4, 0.5) is 5.69 Å². The molecule has 0 bridgehead atoms. The molecule has 0 saturated carbocycles. The van der Waals surface area contributed by atoms with Crippen LogP contribution < -0.4 is 10.5 Å². The number of halogens is 1. The van der Waals surface area contributed by atoms with E-state index in [2.05, 4.69) is 4.72 Å². The Labute approximate surface area is 129 Å². The Balaban J connectivity index is 2.38. The van der Waals surface area contributed by atoms with Gasteiger partial charge >= 0.3 is 0 Å². The highest BCUT2D eigenvalue weighted by Crippen LogP contribution is 2.25. The molecule has 0 aliphatic carbocycles. The van der Waals surface area contributed by atoms with Crippen LogP contribution in [-0.2, 0) is 16.6 Å². The molecule has 1 aromatic heterocycles. The first kappa shape index (κ1) is 15.9. The molecule has 0 atom stereocenters. The fraction of sp³-hybridized carbons (Fsp3) is 0.286. The molecule has 2 rings (SSSR count). The minimum absolute atomic E-state index is 0.132. The van der Waals surface area contributed by atoms with Crippen molar-refractivity contribution in [3.8, 4) is 0 Å². The van der Waals surface area contributed by atoms with Crippen molar-refractivity contribution in [2.24, 2.45) is 5.73 Å². The Morgan fingerprint density at radius 3 is 2.52 bits per heavy atom. The summed E-state index contributed by atoms with van der Waals surface area (Å²) in [7, 11) is -3.69. The number of nitrogens with one attached hydrogen (secondary N) is 1. The number of sulfonamides is 1. The normalized spacial score (nSPS) is 11.9. The minimum Gasteiger partial charge on any atom is -0.346 e. The summed E-state index contributed by atoms with van der Waals surface area (Å²) in [6, 6.07) is 8.41. The molecule has 1 heterocycles. The highest BCUT2D eigenvalue weighted by molar-refractivity contribution is 7.92. The van der Waals surface area contributed by atoms with Crippen LogP contribution in [-0.4, -0.2) is 13.0 Å². The molecule has 0 unspecified atom stereocenters. The van der Waals surface area contributed by atoms with Crippen LogP contribution in [0, 0.1) is 0 Å². The van der Waals surface area contributed by atoms with Crippen LogP contribution in [0.3, 0.4) is 0 Å². The molecule has 1 aromatic carbocycles. The Morgan fingerprint density at radius 2 is 2.00 bits per heavy atom. The summed E-state index contributed by atoms with van der Waals surface area (Å²) in [6.07, 6.45) is 1.59. The van der Waals surface area contributed by atoms with Crippen molar-refractivity contribution in [1.82, 2.24) is 4.57 Å². The third-order valence-electron chi connectivity index (χ3n) is 3.10. The lowest BCUT2D eigenvalue weighted by Gasteiger charge is -2.11. The van der Waals surface area contributed by atoms with Crippen molar-refractivity contribution in [2.75, 3.05) is 4.72 Å². The van der Waals surface area contributed by atoms with E-state index >= 15 is 0 Å². The molecule has 0 amide bonds. The molecule has 0 aliphatic rings. The van der Waals surface area contributed by atoms with E-state index in [-0.39, 0.29) is 17.5 Å². The first-order valence-corrected chi connectivity index (χ1v) is 8.39. The van der Waals surface area contributed by atoms with Crippen molar-refractivity contribution < 1.29 is 8.42 Å². The standard InChI is InChI=1S/C14H18ClN3O2S/c1-10(2)18-9-12(7-11(18)8-16)21(19,20)17-14-6-4-3-5-13(14)15/h3-7,9-10,17H,8,16H2,1-2H3. The summed E-state index contributed by atoms with van der Waals surface area (Å²) in [4.78, 5) is 0.177. The van der Waals surface area contributed by atoms with Gasteiger partial charge in [-0.1, -0.05) is 23.7 Å². The van der Waals surface area contributed by atoms with Gasteiger partial charge in [-0.3, -0.25) is 4.72 Å². The van der Waals surface area contributed by atoms with Gasteiger partial charge in [-0.2, -0.15) is 0 Å². The number of anilines is 1. The van der Waals surface area contributed by atoms with E-state index in [0.717, 1.165) is 5.69 Å². The smallest absolute Gasteiger partial charge is 0.263 e. The van der Waals surface area contributed by atoms with Gasteiger partial charge in [-0.05, 0) is 32.0 Å². The summed E-state index contributed by atoms with van der Waals surface area (Å²) in [5.74, 6) is 0. The summed E-state index contributed by atoms with van der Waals surface area (Å²) >= 11 is 5.98. The van der Waals surface area contributed by atoms with Crippen LogP contribution in [0.15, 0.2) is 41.4 Å². The lowest BCUT2D eigenvalue weighted by Crippen LogP contribution is -2.12. The van der Waals surface area contributed by atoms with E-state index in [1.54, 1.807) is 36.5 Å². The zero-order valence-corrected chi connectivity index (χ0v) is 13.4. The van der Waals surface area contributed by atoms with Gasteiger partial charge in [0.2, 0.25) is 0 Å². The quantitative estimate of drug-likeness (QED) is 0.886. The second-order valence-corrected chi connectivity index (χ2v) is 7.05. The average Bonchev–Trinajstić information content (AvgIpc) is 2.86. The molecule has 21 heavy (non-hydrogen) atoms. The molecule has 5 nitrogen and oxygen atoms in total. The highest BCUT2D eigenvalue weighted by Gasteiger charge is 2.20. The molecule has 0 spiro atoms. The van der Waals surface area contributed by atoms with Crippen molar-refractivity contribution in [1.29, 1.82) is 0 Å². The molecule has 114 valence electrons. The van der Waals surface area contributed by atoms with Crippen LogP contribution >= 0.6 is 11.6 Å². The summed E-state index contributed by atoms with van der Waals surface area (Å²) in [5.41, 5.74) is 6.79. The first-order chi connectivity index (χ1) is 9.85. The Morgan fingerprint density at radius 1 is 1.33 bits per heavy atom. The van der Waals surface area contributed by atoms with Crippen LogP contribution in [0.1, 0.15) is 25.6 Å². The number of rotatable bonds is 5. The lowest BCUT2D eigenvalue weighted by atomic mass is 10.3. The number of hydrogen-bond acceptors (Lipinski definition) is 3. The number of aromatic nitrogens is 1. The van der Waals surface area contributed by atoms with Gasteiger partial charge in [0.25, 0.3) is 10.0 Å². The molecular weight excluding hydrogens is 310 g/mol. The van der Waals surface area contributed by atoms with Crippen LogP contribution in [0.5, 0.6) is 0 Å². The predicted octanol–water partition coefficient (Wildman–Crippen LogP) is 2.98.